The Labute approximate surface area is 336 Å². The maximum atomic E-state index is 6.84. The SMILES string of the molecule is CC1(C)c2ccccc2-c2ccc(N(c3ccccc3)c3cc4c(oc5cccc(-c6ccc(-c7cccc8c7oc7ccccc78)cc6)c54)c4ccccc34)cc21. The van der Waals surface area contributed by atoms with Gasteiger partial charge in [0.1, 0.15) is 22.3 Å². The van der Waals surface area contributed by atoms with Gasteiger partial charge in [0.25, 0.3) is 0 Å². The van der Waals surface area contributed by atoms with Crippen LogP contribution in [0.2, 0.25) is 0 Å². The monoisotopic (exact) mass is 743 g/mol. The van der Waals surface area contributed by atoms with Gasteiger partial charge in [0.05, 0.1) is 5.69 Å². The number of nitrogens with zero attached hydrogens (tertiary/aromatic N) is 1. The molecule has 274 valence electrons. The maximum absolute atomic E-state index is 6.84. The van der Waals surface area contributed by atoms with Crippen LogP contribution in [0, 0.1) is 0 Å². The lowest BCUT2D eigenvalue weighted by molar-refractivity contribution is 0.660. The number of rotatable bonds is 5. The van der Waals surface area contributed by atoms with Crippen LogP contribution in [0.1, 0.15) is 25.0 Å². The standard InChI is InChI=1S/C55H37NO2/c1-55(2)47-23-10-8-16-40(47)41-31-30-37(32-48(41)55)56(36-14-4-3-5-15-36)49-33-46-52-38(20-13-25-51(52)58-54(46)44-19-7-6-17-42(44)49)34-26-28-35(29-27-34)39-21-12-22-45-43-18-9-11-24-50(43)57-53(39)45/h3-33H,1-2H3. The Morgan fingerprint density at radius 3 is 1.81 bits per heavy atom. The Balaban J connectivity index is 1.05. The fourth-order valence-electron chi connectivity index (χ4n) is 9.69. The van der Waals surface area contributed by atoms with Gasteiger partial charge >= 0.3 is 0 Å². The van der Waals surface area contributed by atoms with E-state index in [1.54, 1.807) is 0 Å². The van der Waals surface area contributed by atoms with Crippen molar-refractivity contribution in [2.75, 3.05) is 4.90 Å². The molecule has 9 aromatic carbocycles. The molecule has 11 aromatic rings. The molecule has 1 aliphatic carbocycles. The first kappa shape index (κ1) is 32.8. The third-order valence-corrected chi connectivity index (χ3v) is 12.5. The predicted molar refractivity (Wildman–Crippen MR) is 242 cm³/mol. The lowest BCUT2D eigenvalue weighted by Crippen LogP contribution is -2.16. The minimum atomic E-state index is -0.125. The zero-order valence-corrected chi connectivity index (χ0v) is 32.2. The summed E-state index contributed by atoms with van der Waals surface area (Å²) in [6, 6.07) is 67.6. The first-order valence-corrected chi connectivity index (χ1v) is 20.0. The van der Waals surface area contributed by atoms with E-state index in [2.05, 4.69) is 195 Å². The number of fused-ring (bicyclic) bond motifs is 11. The third-order valence-electron chi connectivity index (χ3n) is 12.5. The number of benzene rings is 9. The highest BCUT2D eigenvalue weighted by Crippen LogP contribution is 2.52. The Bertz CT molecular complexity index is 3420. The van der Waals surface area contributed by atoms with Crippen LogP contribution in [-0.4, -0.2) is 0 Å². The molecule has 12 rings (SSSR count). The lowest BCUT2D eigenvalue weighted by atomic mass is 9.82. The minimum Gasteiger partial charge on any atom is -0.455 e. The Morgan fingerprint density at radius 1 is 0.379 bits per heavy atom. The van der Waals surface area contributed by atoms with Gasteiger partial charge in [-0.1, -0.05) is 159 Å². The maximum Gasteiger partial charge on any atom is 0.143 e. The van der Waals surface area contributed by atoms with Crippen molar-refractivity contribution in [2.45, 2.75) is 19.3 Å². The van der Waals surface area contributed by atoms with Crippen molar-refractivity contribution in [3.8, 4) is 33.4 Å². The number of furan rings is 2. The van der Waals surface area contributed by atoms with Crippen LogP contribution in [0.4, 0.5) is 17.1 Å². The number of anilines is 3. The molecule has 0 spiro atoms. The number of hydrogen-bond acceptors (Lipinski definition) is 3. The first-order valence-electron chi connectivity index (χ1n) is 20.0. The summed E-state index contributed by atoms with van der Waals surface area (Å²) in [4.78, 5) is 2.43. The van der Waals surface area contributed by atoms with Crippen molar-refractivity contribution in [1.82, 2.24) is 0 Å². The molecule has 0 N–H and O–H groups in total. The molecular formula is C55H37NO2. The van der Waals surface area contributed by atoms with Gasteiger partial charge in [-0.05, 0) is 81.4 Å². The molecule has 0 saturated carbocycles. The Hall–Kier alpha value is -7.36. The molecule has 0 saturated heterocycles. The molecule has 1 aliphatic rings. The molecule has 2 aromatic heterocycles. The molecule has 0 radical (unpaired) electrons. The van der Waals surface area contributed by atoms with Crippen LogP contribution in [0.5, 0.6) is 0 Å². The second-order valence-corrected chi connectivity index (χ2v) is 16.0. The molecule has 58 heavy (non-hydrogen) atoms. The summed E-state index contributed by atoms with van der Waals surface area (Å²) in [7, 11) is 0. The minimum absolute atomic E-state index is 0.125. The second kappa shape index (κ2) is 12.3. The largest absolute Gasteiger partial charge is 0.455 e. The van der Waals surface area contributed by atoms with E-state index in [9.17, 15) is 0 Å². The number of hydrogen-bond donors (Lipinski definition) is 0. The summed E-state index contributed by atoms with van der Waals surface area (Å²) in [6.45, 7) is 4.70. The first-order chi connectivity index (χ1) is 28.5. The van der Waals surface area contributed by atoms with E-state index < -0.39 is 0 Å². The molecule has 2 heterocycles. The molecule has 3 heteroatoms. The van der Waals surface area contributed by atoms with Crippen LogP contribution in [-0.2, 0) is 5.41 Å². The van der Waals surface area contributed by atoms with Gasteiger partial charge in [0, 0.05) is 54.7 Å². The highest BCUT2D eigenvalue weighted by molar-refractivity contribution is 6.22. The summed E-state index contributed by atoms with van der Waals surface area (Å²) < 4.78 is 13.2. The van der Waals surface area contributed by atoms with E-state index in [-0.39, 0.29) is 5.41 Å². The van der Waals surface area contributed by atoms with Gasteiger partial charge in [-0.25, -0.2) is 0 Å². The van der Waals surface area contributed by atoms with Gasteiger partial charge < -0.3 is 13.7 Å². The van der Waals surface area contributed by atoms with Crippen molar-refractivity contribution in [3.05, 3.63) is 199 Å². The van der Waals surface area contributed by atoms with Crippen LogP contribution >= 0.6 is 0 Å². The van der Waals surface area contributed by atoms with E-state index in [4.69, 9.17) is 8.83 Å². The topological polar surface area (TPSA) is 29.5 Å². The summed E-state index contributed by atoms with van der Waals surface area (Å²) in [5.74, 6) is 0. The zero-order chi connectivity index (χ0) is 38.5. The molecule has 0 bridgehead atoms. The third kappa shape index (κ3) is 4.74. The van der Waals surface area contributed by atoms with Gasteiger partial charge in [-0.15, -0.1) is 0 Å². The number of para-hydroxylation sites is 3. The van der Waals surface area contributed by atoms with E-state index >= 15 is 0 Å². The fourth-order valence-corrected chi connectivity index (χ4v) is 9.69. The molecule has 0 aliphatic heterocycles. The highest BCUT2D eigenvalue weighted by atomic mass is 16.3. The van der Waals surface area contributed by atoms with Crippen molar-refractivity contribution >= 4 is 71.7 Å². The molecular weight excluding hydrogens is 707 g/mol. The van der Waals surface area contributed by atoms with E-state index in [0.717, 1.165) is 94.0 Å². The van der Waals surface area contributed by atoms with Gasteiger partial charge in [0.2, 0.25) is 0 Å². The average molecular weight is 744 g/mol. The molecule has 0 fully saturated rings. The molecule has 0 amide bonds. The average Bonchev–Trinajstić information content (AvgIpc) is 3.92. The van der Waals surface area contributed by atoms with E-state index in [0.29, 0.717) is 0 Å². The van der Waals surface area contributed by atoms with Crippen molar-refractivity contribution in [3.63, 3.8) is 0 Å². The fraction of sp³-hybridized carbons (Fsp3) is 0.0545. The van der Waals surface area contributed by atoms with Crippen molar-refractivity contribution < 1.29 is 8.83 Å². The molecule has 0 unspecified atom stereocenters. The van der Waals surface area contributed by atoms with Gasteiger partial charge in [-0.2, -0.15) is 0 Å². The van der Waals surface area contributed by atoms with E-state index in [1.807, 2.05) is 12.1 Å². The molecule has 3 nitrogen and oxygen atoms in total. The van der Waals surface area contributed by atoms with Gasteiger partial charge in [-0.3, -0.25) is 0 Å². The quantitative estimate of drug-likeness (QED) is 0.176. The van der Waals surface area contributed by atoms with Crippen LogP contribution in [0.25, 0.3) is 88.0 Å². The Kier molecular flexibility index (Phi) is 6.98. The summed E-state index contributed by atoms with van der Waals surface area (Å²) in [6.07, 6.45) is 0. The van der Waals surface area contributed by atoms with Gasteiger partial charge in [0.15, 0.2) is 0 Å². The molecule has 0 atom stereocenters. The lowest BCUT2D eigenvalue weighted by Gasteiger charge is -2.29. The smallest absolute Gasteiger partial charge is 0.143 e. The summed E-state index contributed by atoms with van der Waals surface area (Å²) in [5, 5.41) is 6.68. The summed E-state index contributed by atoms with van der Waals surface area (Å²) in [5.41, 5.74) is 16.6. The van der Waals surface area contributed by atoms with Crippen LogP contribution in [0.15, 0.2) is 197 Å². The Morgan fingerprint density at radius 2 is 0.966 bits per heavy atom. The normalized spacial score (nSPS) is 13.1. The van der Waals surface area contributed by atoms with Crippen LogP contribution < -0.4 is 4.90 Å². The van der Waals surface area contributed by atoms with Crippen LogP contribution in [0.3, 0.4) is 0 Å². The van der Waals surface area contributed by atoms with Crippen molar-refractivity contribution in [2.24, 2.45) is 0 Å². The second-order valence-electron chi connectivity index (χ2n) is 16.0. The predicted octanol–water partition coefficient (Wildman–Crippen LogP) is 15.7. The highest BCUT2D eigenvalue weighted by Gasteiger charge is 2.36. The summed E-state index contributed by atoms with van der Waals surface area (Å²) >= 11 is 0. The zero-order valence-electron chi connectivity index (χ0n) is 32.2. The van der Waals surface area contributed by atoms with Crippen molar-refractivity contribution in [1.29, 1.82) is 0 Å². The van der Waals surface area contributed by atoms with E-state index in [1.165, 1.54) is 22.3 Å².